The van der Waals surface area contributed by atoms with Crippen LogP contribution in [0.1, 0.15) is 12.8 Å². The third-order valence-electron chi connectivity index (χ3n) is 7.18. The Labute approximate surface area is 242 Å². The highest BCUT2D eigenvalue weighted by atomic mass is 16.5. The van der Waals surface area contributed by atoms with Gasteiger partial charge in [0, 0.05) is 25.4 Å². The zero-order valence-corrected chi connectivity index (χ0v) is 23.2. The molecule has 212 valence electrons. The number of para-hydroxylation sites is 1. The molecular weight excluding hydrogens is 530 g/mol. The molecule has 0 aliphatic heterocycles. The van der Waals surface area contributed by atoms with Crippen molar-refractivity contribution in [2.24, 2.45) is 5.92 Å². The predicted molar refractivity (Wildman–Crippen MR) is 164 cm³/mol. The topological polar surface area (TPSA) is 120 Å². The van der Waals surface area contributed by atoms with Crippen LogP contribution in [0.3, 0.4) is 0 Å². The Balaban J connectivity index is 1.30. The number of nitrogen functional groups attached to an aromatic ring is 1. The number of imidazole rings is 1. The van der Waals surface area contributed by atoms with Gasteiger partial charge in [-0.25, -0.2) is 19.3 Å². The van der Waals surface area contributed by atoms with Crippen molar-refractivity contribution in [1.29, 1.82) is 0 Å². The van der Waals surface area contributed by atoms with E-state index in [4.69, 9.17) is 10.5 Å². The second-order valence-corrected chi connectivity index (χ2v) is 10.2. The molecule has 0 bridgehead atoms. The Morgan fingerprint density at radius 2 is 1.76 bits per heavy atom. The Morgan fingerprint density at radius 1 is 1.00 bits per heavy atom. The number of carbonyl (C=O) groups is 1. The summed E-state index contributed by atoms with van der Waals surface area (Å²) in [7, 11) is 1.70. The van der Waals surface area contributed by atoms with Crippen LogP contribution < -0.4 is 26.4 Å². The number of nitrogens with two attached hydrogens (primary N) is 1. The number of likely N-dealkylation sites (N-methyl/N-ethyl adjacent to an activating group) is 1. The standard InChI is InChI=1S/C32H31N7O3/c1-37(28(40)11-6-18-34-20-22-12-13-22)24-7-5-8-25(19-24)39-31-29(30(33)35-21-36-31)38(32(39)41)23-14-16-27(17-15-23)42-26-9-3-2-4-10-26/h2-11,14-17,19,21-22,34H,12-13,18,20H2,1H3,(H2,33,35,36). The molecule has 1 aliphatic carbocycles. The molecule has 2 aromatic heterocycles. The Hall–Kier alpha value is -5.22. The van der Waals surface area contributed by atoms with Gasteiger partial charge in [0.1, 0.15) is 23.3 Å². The van der Waals surface area contributed by atoms with Gasteiger partial charge in [-0.05, 0) is 79.9 Å². The van der Waals surface area contributed by atoms with Gasteiger partial charge in [0.15, 0.2) is 11.5 Å². The van der Waals surface area contributed by atoms with Crippen LogP contribution in [0.2, 0.25) is 0 Å². The summed E-state index contributed by atoms with van der Waals surface area (Å²) in [6, 6.07) is 23.8. The molecule has 0 spiro atoms. The number of aromatic nitrogens is 4. The van der Waals surface area contributed by atoms with E-state index in [1.165, 1.54) is 28.3 Å². The maximum atomic E-state index is 14.0. The highest BCUT2D eigenvalue weighted by molar-refractivity contribution is 6.01. The van der Waals surface area contributed by atoms with Gasteiger partial charge in [-0.1, -0.05) is 30.3 Å². The molecular formula is C32H31N7O3. The predicted octanol–water partition coefficient (Wildman–Crippen LogP) is 4.46. The Bertz CT molecular complexity index is 1810. The van der Waals surface area contributed by atoms with Crippen molar-refractivity contribution in [2.45, 2.75) is 12.8 Å². The van der Waals surface area contributed by atoms with Gasteiger partial charge < -0.3 is 20.7 Å². The summed E-state index contributed by atoms with van der Waals surface area (Å²) in [5, 5.41) is 3.34. The highest BCUT2D eigenvalue weighted by Crippen LogP contribution is 2.28. The van der Waals surface area contributed by atoms with Crippen LogP contribution in [0.25, 0.3) is 22.5 Å². The van der Waals surface area contributed by atoms with E-state index in [0.29, 0.717) is 46.3 Å². The summed E-state index contributed by atoms with van der Waals surface area (Å²) in [6.07, 6.45) is 7.29. The summed E-state index contributed by atoms with van der Waals surface area (Å²) in [5.74, 6) is 2.12. The SMILES string of the molecule is CN(C(=O)C=CCNCC1CC1)c1cccc(-n2c(=O)n(-c3ccc(Oc4ccccc4)cc3)c3c(N)ncnc32)c1. The average molecular weight is 562 g/mol. The summed E-state index contributed by atoms with van der Waals surface area (Å²) < 4.78 is 8.86. The first-order chi connectivity index (χ1) is 20.5. The van der Waals surface area contributed by atoms with Crippen LogP contribution in [0.4, 0.5) is 11.5 Å². The number of ether oxygens (including phenoxy) is 1. The lowest BCUT2D eigenvalue weighted by Gasteiger charge is -2.16. The van der Waals surface area contributed by atoms with E-state index in [2.05, 4.69) is 15.3 Å². The molecule has 5 aromatic rings. The van der Waals surface area contributed by atoms with E-state index in [1.54, 1.807) is 60.5 Å². The average Bonchev–Trinajstić information content (AvgIpc) is 3.79. The van der Waals surface area contributed by atoms with Crippen LogP contribution in [0, 0.1) is 5.92 Å². The van der Waals surface area contributed by atoms with Crippen molar-refractivity contribution in [1.82, 2.24) is 24.4 Å². The molecule has 0 atom stereocenters. The van der Waals surface area contributed by atoms with E-state index >= 15 is 0 Å². The molecule has 1 amide bonds. The van der Waals surface area contributed by atoms with E-state index < -0.39 is 0 Å². The van der Waals surface area contributed by atoms with Crippen molar-refractivity contribution in [3.8, 4) is 22.9 Å². The van der Waals surface area contributed by atoms with Crippen LogP contribution in [-0.4, -0.2) is 45.1 Å². The summed E-state index contributed by atoms with van der Waals surface area (Å²) in [5.41, 5.74) is 8.39. The molecule has 1 fully saturated rings. The van der Waals surface area contributed by atoms with Crippen molar-refractivity contribution in [2.75, 3.05) is 30.8 Å². The van der Waals surface area contributed by atoms with Crippen molar-refractivity contribution >= 4 is 28.6 Å². The third kappa shape index (κ3) is 5.65. The number of hydrogen-bond donors (Lipinski definition) is 2. The van der Waals surface area contributed by atoms with E-state index in [0.717, 1.165) is 12.5 Å². The quantitative estimate of drug-likeness (QED) is 0.191. The smallest absolute Gasteiger partial charge is 0.339 e. The number of amides is 1. The normalized spacial score (nSPS) is 13.1. The lowest BCUT2D eigenvalue weighted by molar-refractivity contribution is -0.113. The monoisotopic (exact) mass is 561 g/mol. The number of carbonyl (C=O) groups excluding carboxylic acids is 1. The molecule has 42 heavy (non-hydrogen) atoms. The fourth-order valence-corrected chi connectivity index (χ4v) is 4.74. The molecule has 0 radical (unpaired) electrons. The molecule has 10 heteroatoms. The molecule has 10 nitrogen and oxygen atoms in total. The van der Waals surface area contributed by atoms with Crippen LogP contribution in [0.5, 0.6) is 11.5 Å². The lowest BCUT2D eigenvalue weighted by Crippen LogP contribution is -2.25. The van der Waals surface area contributed by atoms with Gasteiger partial charge in [0.25, 0.3) is 0 Å². The second-order valence-electron chi connectivity index (χ2n) is 10.2. The Morgan fingerprint density at radius 3 is 2.52 bits per heavy atom. The summed E-state index contributed by atoms with van der Waals surface area (Å²) >= 11 is 0. The fraction of sp³-hybridized carbons (Fsp3) is 0.188. The van der Waals surface area contributed by atoms with Gasteiger partial charge in [-0.2, -0.15) is 0 Å². The van der Waals surface area contributed by atoms with Crippen LogP contribution in [-0.2, 0) is 4.79 Å². The lowest BCUT2D eigenvalue weighted by atomic mass is 10.2. The number of benzene rings is 3. The number of rotatable bonds is 10. The summed E-state index contributed by atoms with van der Waals surface area (Å²) in [6.45, 7) is 1.63. The maximum absolute atomic E-state index is 14.0. The van der Waals surface area contributed by atoms with Crippen molar-refractivity contribution in [3.63, 3.8) is 0 Å². The summed E-state index contributed by atoms with van der Waals surface area (Å²) in [4.78, 5) is 36.9. The number of anilines is 2. The number of fused-ring (bicyclic) bond motifs is 1. The molecule has 0 unspecified atom stereocenters. The first kappa shape index (κ1) is 27.0. The number of nitrogens with one attached hydrogen (secondary N) is 1. The zero-order chi connectivity index (χ0) is 29.1. The largest absolute Gasteiger partial charge is 0.457 e. The van der Waals surface area contributed by atoms with Gasteiger partial charge in [-0.3, -0.25) is 9.36 Å². The van der Waals surface area contributed by atoms with E-state index in [9.17, 15) is 9.59 Å². The molecule has 6 rings (SSSR count). The van der Waals surface area contributed by atoms with Gasteiger partial charge in [0.05, 0.1) is 11.4 Å². The minimum absolute atomic E-state index is 0.167. The molecule has 3 aromatic carbocycles. The van der Waals surface area contributed by atoms with Crippen LogP contribution in [0.15, 0.2) is 102 Å². The van der Waals surface area contributed by atoms with E-state index in [1.807, 2.05) is 42.5 Å². The molecule has 0 saturated heterocycles. The zero-order valence-electron chi connectivity index (χ0n) is 23.2. The van der Waals surface area contributed by atoms with Gasteiger partial charge in [0.2, 0.25) is 5.91 Å². The minimum atomic E-state index is -0.373. The molecule has 2 heterocycles. The van der Waals surface area contributed by atoms with Gasteiger partial charge in [-0.15, -0.1) is 0 Å². The van der Waals surface area contributed by atoms with E-state index in [-0.39, 0.29) is 17.4 Å². The molecule has 3 N–H and O–H groups in total. The molecule has 1 saturated carbocycles. The Kier molecular flexibility index (Phi) is 7.52. The number of hydrogen-bond acceptors (Lipinski definition) is 7. The first-order valence-corrected chi connectivity index (χ1v) is 13.8. The minimum Gasteiger partial charge on any atom is -0.457 e. The van der Waals surface area contributed by atoms with Crippen LogP contribution >= 0.6 is 0 Å². The molecule has 1 aliphatic rings. The van der Waals surface area contributed by atoms with Crippen molar-refractivity contribution in [3.05, 3.63) is 108 Å². The third-order valence-corrected chi connectivity index (χ3v) is 7.18. The maximum Gasteiger partial charge on any atom is 0.339 e. The highest BCUT2D eigenvalue weighted by Gasteiger charge is 2.21. The first-order valence-electron chi connectivity index (χ1n) is 13.8. The second kappa shape index (κ2) is 11.7. The number of nitrogens with zero attached hydrogens (tertiary/aromatic N) is 5. The van der Waals surface area contributed by atoms with Crippen molar-refractivity contribution < 1.29 is 9.53 Å². The fourth-order valence-electron chi connectivity index (χ4n) is 4.74. The van der Waals surface area contributed by atoms with Gasteiger partial charge >= 0.3 is 5.69 Å².